The van der Waals surface area contributed by atoms with Gasteiger partial charge in [0.15, 0.2) is 0 Å². The third-order valence-electron chi connectivity index (χ3n) is 7.81. The van der Waals surface area contributed by atoms with E-state index in [1.54, 1.807) is 11.0 Å². The topological polar surface area (TPSA) is 96.4 Å². The summed E-state index contributed by atoms with van der Waals surface area (Å²) in [6.07, 6.45) is 4.23. The fourth-order valence-corrected chi connectivity index (χ4v) is 6.45. The number of hydrogen-bond donors (Lipinski definition) is 1. The number of aliphatic hydroxyl groups excluding tert-OH is 1. The number of carbonyl (C=O) groups is 3. The number of aliphatic hydroxyl groups is 1. The molecule has 1 aromatic rings. The van der Waals surface area contributed by atoms with Gasteiger partial charge in [-0.05, 0) is 30.7 Å². The molecular formula is C29H38N2O6. The highest BCUT2D eigenvalue weighted by molar-refractivity contribution is 5.98. The number of esters is 1. The van der Waals surface area contributed by atoms with Gasteiger partial charge in [-0.2, -0.15) is 0 Å². The molecule has 8 nitrogen and oxygen atoms in total. The summed E-state index contributed by atoms with van der Waals surface area (Å²) in [7, 11) is 0. The molecule has 1 N–H and O–H groups in total. The lowest BCUT2D eigenvalue weighted by Crippen LogP contribution is -2.58. The summed E-state index contributed by atoms with van der Waals surface area (Å²) in [5.74, 6) is -2.53. The molecule has 1 aromatic carbocycles. The standard InChI is InChI=1S/C29H38N2O6/c1-5-14-30(17-20-10-8-7-9-11-20)27(34)25-29-13-12-22(37-29)23(28(35)36-15-6-2)24(29)26(33)31(25)21(18-32)16-19(3)4/h5-11,19,21-25,32H,1-2,12-18H2,3-4H3/t21-,22-,23+,24+,25?,29?/m1/s1. The lowest BCUT2D eigenvalue weighted by molar-refractivity contribution is -0.156. The van der Waals surface area contributed by atoms with Gasteiger partial charge in [-0.25, -0.2) is 0 Å². The Hall–Kier alpha value is -2.97. The van der Waals surface area contributed by atoms with Crippen LogP contribution in [0.15, 0.2) is 55.6 Å². The second-order valence-electron chi connectivity index (χ2n) is 10.7. The van der Waals surface area contributed by atoms with Crippen LogP contribution in [0.25, 0.3) is 0 Å². The largest absolute Gasteiger partial charge is 0.461 e. The Morgan fingerprint density at radius 1 is 1.27 bits per heavy atom. The zero-order chi connectivity index (χ0) is 26.7. The van der Waals surface area contributed by atoms with Crippen molar-refractivity contribution in [3.05, 3.63) is 61.2 Å². The molecule has 0 aliphatic carbocycles. The summed E-state index contributed by atoms with van der Waals surface area (Å²) in [5, 5.41) is 10.4. The van der Waals surface area contributed by atoms with Gasteiger partial charge in [-0.15, -0.1) is 6.58 Å². The Bertz CT molecular complexity index is 1030. The minimum Gasteiger partial charge on any atom is -0.461 e. The van der Waals surface area contributed by atoms with Gasteiger partial charge in [0.1, 0.15) is 18.2 Å². The number of likely N-dealkylation sites (tertiary alicyclic amines) is 1. The Morgan fingerprint density at radius 2 is 2.00 bits per heavy atom. The van der Waals surface area contributed by atoms with Crippen LogP contribution in [0.2, 0.25) is 0 Å². The lowest BCUT2D eigenvalue weighted by Gasteiger charge is -2.39. The predicted molar refractivity (Wildman–Crippen MR) is 138 cm³/mol. The van der Waals surface area contributed by atoms with Crippen LogP contribution in [0.1, 0.15) is 38.7 Å². The molecule has 0 aromatic heterocycles. The van der Waals surface area contributed by atoms with E-state index >= 15 is 0 Å². The maximum Gasteiger partial charge on any atom is 0.312 e. The summed E-state index contributed by atoms with van der Waals surface area (Å²) >= 11 is 0. The first-order chi connectivity index (χ1) is 17.8. The molecule has 8 heteroatoms. The van der Waals surface area contributed by atoms with Gasteiger partial charge in [-0.3, -0.25) is 14.4 Å². The Labute approximate surface area is 218 Å². The normalized spacial score (nSPS) is 28.8. The van der Waals surface area contributed by atoms with Crippen molar-refractivity contribution in [2.75, 3.05) is 19.8 Å². The highest BCUT2D eigenvalue weighted by Crippen LogP contribution is 2.59. The van der Waals surface area contributed by atoms with Crippen LogP contribution in [0, 0.1) is 17.8 Å². The van der Waals surface area contributed by atoms with Crippen molar-refractivity contribution in [1.82, 2.24) is 9.80 Å². The number of amides is 2. The Balaban J connectivity index is 1.75. The van der Waals surface area contributed by atoms with E-state index in [9.17, 15) is 19.5 Å². The molecule has 3 aliphatic heterocycles. The van der Waals surface area contributed by atoms with Crippen LogP contribution < -0.4 is 0 Å². The van der Waals surface area contributed by atoms with E-state index < -0.39 is 41.6 Å². The molecule has 200 valence electrons. The minimum atomic E-state index is -1.14. The second kappa shape index (κ2) is 11.2. The van der Waals surface area contributed by atoms with Crippen molar-refractivity contribution in [2.45, 2.75) is 63.4 Å². The molecule has 6 atom stereocenters. The van der Waals surface area contributed by atoms with Crippen molar-refractivity contribution < 1.29 is 29.0 Å². The fraction of sp³-hybridized carbons (Fsp3) is 0.552. The zero-order valence-corrected chi connectivity index (χ0v) is 21.8. The van der Waals surface area contributed by atoms with Crippen molar-refractivity contribution >= 4 is 17.8 Å². The van der Waals surface area contributed by atoms with Crippen LogP contribution in [0.5, 0.6) is 0 Å². The van der Waals surface area contributed by atoms with E-state index in [4.69, 9.17) is 9.47 Å². The molecule has 0 saturated carbocycles. The van der Waals surface area contributed by atoms with E-state index in [1.807, 2.05) is 44.2 Å². The van der Waals surface area contributed by atoms with Gasteiger partial charge in [-0.1, -0.05) is 62.9 Å². The van der Waals surface area contributed by atoms with Gasteiger partial charge in [0.05, 0.1) is 30.6 Å². The van der Waals surface area contributed by atoms with Gasteiger partial charge >= 0.3 is 5.97 Å². The summed E-state index contributed by atoms with van der Waals surface area (Å²) in [6, 6.07) is 8.11. The van der Waals surface area contributed by atoms with E-state index in [1.165, 1.54) is 11.0 Å². The van der Waals surface area contributed by atoms with Crippen LogP contribution in [0.3, 0.4) is 0 Å². The summed E-state index contributed by atoms with van der Waals surface area (Å²) in [4.78, 5) is 44.8. The predicted octanol–water partition coefficient (Wildman–Crippen LogP) is 2.71. The Kier molecular flexibility index (Phi) is 8.19. The molecule has 3 saturated heterocycles. The molecule has 2 amide bonds. The minimum absolute atomic E-state index is 0.0405. The summed E-state index contributed by atoms with van der Waals surface area (Å²) in [6.45, 7) is 11.8. The van der Waals surface area contributed by atoms with E-state index in [0.29, 0.717) is 25.8 Å². The average Bonchev–Trinajstić information content (AvgIpc) is 3.53. The number of carbonyl (C=O) groups excluding carboxylic acids is 3. The molecule has 2 bridgehead atoms. The molecule has 3 heterocycles. The Morgan fingerprint density at radius 3 is 2.62 bits per heavy atom. The summed E-state index contributed by atoms with van der Waals surface area (Å²) in [5.41, 5.74) is -0.192. The fourth-order valence-electron chi connectivity index (χ4n) is 6.45. The van der Waals surface area contributed by atoms with Gasteiger partial charge in [0, 0.05) is 13.1 Å². The maximum atomic E-state index is 14.4. The van der Waals surface area contributed by atoms with Crippen LogP contribution in [-0.4, -0.2) is 76.2 Å². The lowest BCUT2D eigenvalue weighted by atomic mass is 9.70. The first-order valence-electron chi connectivity index (χ1n) is 13.1. The molecule has 2 unspecified atom stereocenters. The van der Waals surface area contributed by atoms with Crippen LogP contribution in [-0.2, 0) is 30.4 Å². The first kappa shape index (κ1) is 27.1. The third-order valence-corrected chi connectivity index (χ3v) is 7.81. The molecule has 4 rings (SSSR count). The third kappa shape index (κ3) is 4.84. The number of benzene rings is 1. The summed E-state index contributed by atoms with van der Waals surface area (Å²) < 4.78 is 11.8. The highest BCUT2D eigenvalue weighted by Gasteiger charge is 2.75. The molecule has 3 fully saturated rings. The molecule has 0 radical (unpaired) electrons. The number of fused-ring (bicyclic) bond motifs is 1. The first-order valence-corrected chi connectivity index (χ1v) is 13.1. The van der Waals surface area contributed by atoms with Crippen molar-refractivity contribution in [3.63, 3.8) is 0 Å². The molecule has 1 spiro atoms. The SMILES string of the molecule is C=CCOC(=O)[C@@H]1[C@H]2C(=O)N([C@@H](CO)CC(C)C)C(C(=O)N(CC=C)Cc3ccccc3)C23CC[C@H]1O3. The molecular weight excluding hydrogens is 472 g/mol. The van der Waals surface area contributed by atoms with E-state index in [-0.39, 0.29) is 37.5 Å². The highest BCUT2D eigenvalue weighted by atomic mass is 16.6. The second-order valence-corrected chi connectivity index (χ2v) is 10.7. The zero-order valence-electron chi connectivity index (χ0n) is 21.8. The monoisotopic (exact) mass is 510 g/mol. The van der Waals surface area contributed by atoms with Crippen LogP contribution in [0.4, 0.5) is 0 Å². The quantitative estimate of drug-likeness (QED) is 0.343. The number of rotatable bonds is 12. The van der Waals surface area contributed by atoms with Crippen molar-refractivity contribution in [2.24, 2.45) is 17.8 Å². The van der Waals surface area contributed by atoms with Crippen LogP contribution >= 0.6 is 0 Å². The molecule has 37 heavy (non-hydrogen) atoms. The van der Waals surface area contributed by atoms with E-state index in [2.05, 4.69) is 13.2 Å². The number of hydrogen-bond acceptors (Lipinski definition) is 6. The van der Waals surface area contributed by atoms with Crippen molar-refractivity contribution in [1.29, 1.82) is 0 Å². The van der Waals surface area contributed by atoms with E-state index in [0.717, 1.165) is 5.56 Å². The van der Waals surface area contributed by atoms with Crippen molar-refractivity contribution in [3.8, 4) is 0 Å². The van der Waals surface area contributed by atoms with Gasteiger partial charge < -0.3 is 24.4 Å². The average molecular weight is 511 g/mol. The maximum absolute atomic E-state index is 14.4. The van der Waals surface area contributed by atoms with Gasteiger partial charge in [0.2, 0.25) is 11.8 Å². The molecule has 3 aliphatic rings. The number of nitrogens with zero attached hydrogens (tertiary/aromatic N) is 2. The van der Waals surface area contributed by atoms with Gasteiger partial charge in [0.25, 0.3) is 0 Å². The smallest absolute Gasteiger partial charge is 0.312 e. The number of ether oxygens (including phenoxy) is 2.